The van der Waals surface area contributed by atoms with Crippen LogP contribution in [0.3, 0.4) is 0 Å². The normalized spacial score (nSPS) is 21.9. The number of amidine groups is 1. The van der Waals surface area contributed by atoms with Crippen molar-refractivity contribution < 1.29 is 4.79 Å². The zero-order valence-corrected chi connectivity index (χ0v) is 9.41. The molecule has 0 aromatic carbocycles. The average molecular weight is 225 g/mol. The zero-order valence-electron chi connectivity index (χ0n) is 9.41. The van der Waals surface area contributed by atoms with Crippen LogP contribution in [0.1, 0.15) is 12.8 Å². The maximum Gasteiger partial charge on any atom is 0.317 e. The van der Waals surface area contributed by atoms with Crippen LogP contribution in [-0.4, -0.2) is 60.4 Å². The molecule has 0 aromatic rings. The van der Waals surface area contributed by atoms with Gasteiger partial charge in [0.1, 0.15) is 5.84 Å². The second-order valence-corrected chi connectivity index (χ2v) is 4.51. The monoisotopic (exact) mass is 225 g/mol. The Morgan fingerprint density at radius 2 is 1.94 bits per heavy atom. The Morgan fingerprint density at radius 3 is 2.44 bits per heavy atom. The van der Waals surface area contributed by atoms with Crippen LogP contribution < -0.4 is 11.1 Å². The van der Waals surface area contributed by atoms with Gasteiger partial charge >= 0.3 is 6.03 Å². The molecule has 2 rings (SSSR count). The number of nitrogens with one attached hydrogen (secondary N) is 2. The van der Waals surface area contributed by atoms with Crippen LogP contribution in [0.4, 0.5) is 4.79 Å². The number of nitrogens with two attached hydrogens (primary N) is 1. The molecule has 6 nitrogen and oxygen atoms in total. The van der Waals surface area contributed by atoms with Gasteiger partial charge < -0.3 is 16.0 Å². The Kier molecular flexibility index (Phi) is 3.28. The average Bonchev–Trinajstić information content (AvgIpc) is 3.01. The number of amides is 2. The van der Waals surface area contributed by atoms with Gasteiger partial charge in [-0.25, -0.2) is 4.79 Å². The summed E-state index contributed by atoms with van der Waals surface area (Å²) in [5.74, 6) is 0.191. The van der Waals surface area contributed by atoms with E-state index >= 15 is 0 Å². The van der Waals surface area contributed by atoms with Crippen molar-refractivity contribution in [3.05, 3.63) is 0 Å². The lowest BCUT2D eigenvalue weighted by Crippen LogP contribution is -2.53. The minimum absolute atomic E-state index is 0.0602. The molecule has 0 aromatic heterocycles. The quantitative estimate of drug-likeness (QED) is 0.443. The second-order valence-electron chi connectivity index (χ2n) is 4.51. The fourth-order valence-electron chi connectivity index (χ4n) is 1.84. The van der Waals surface area contributed by atoms with E-state index in [0.29, 0.717) is 12.6 Å². The number of hydrogen-bond acceptors (Lipinski definition) is 3. The molecule has 2 aliphatic rings. The number of hydrogen-bond donors (Lipinski definition) is 3. The van der Waals surface area contributed by atoms with Gasteiger partial charge in [-0.2, -0.15) is 0 Å². The highest BCUT2D eigenvalue weighted by Gasteiger charge is 2.27. The van der Waals surface area contributed by atoms with Crippen LogP contribution in [0.2, 0.25) is 0 Å². The van der Waals surface area contributed by atoms with E-state index in [1.54, 1.807) is 0 Å². The van der Waals surface area contributed by atoms with Crippen molar-refractivity contribution >= 4 is 11.9 Å². The van der Waals surface area contributed by atoms with Gasteiger partial charge in [0.15, 0.2) is 0 Å². The highest BCUT2D eigenvalue weighted by Crippen LogP contribution is 2.19. The molecule has 0 radical (unpaired) electrons. The molecule has 0 unspecified atom stereocenters. The predicted octanol–water partition coefficient (Wildman–Crippen LogP) is -0.588. The number of carbonyl (C=O) groups excluding carboxylic acids is 1. The third-order valence-electron chi connectivity index (χ3n) is 2.96. The van der Waals surface area contributed by atoms with Gasteiger partial charge in [-0.15, -0.1) is 0 Å². The van der Waals surface area contributed by atoms with E-state index in [9.17, 15) is 4.79 Å². The van der Waals surface area contributed by atoms with E-state index in [4.69, 9.17) is 11.1 Å². The minimum atomic E-state index is 0.0602. The highest BCUT2D eigenvalue weighted by molar-refractivity contribution is 5.79. The van der Waals surface area contributed by atoms with Crippen molar-refractivity contribution in [2.75, 3.05) is 32.7 Å². The Morgan fingerprint density at radius 1 is 1.31 bits per heavy atom. The lowest BCUT2D eigenvalue weighted by atomic mass is 10.3. The first kappa shape index (κ1) is 11.2. The van der Waals surface area contributed by atoms with E-state index in [1.807, 2.05) is 4.90 Å². The van der Waals surface area contributed by atoms with Crippen molar-refractivity contribution in [1.29, 1.82) is 5.41 Å². The molecule has 90 valence electrons. The van der Waals surface area contributed by atoms with Crippen LogP contribution in [0, 0.1) is 5.41 Å². The topological polar surface area (TPSA) is 85.5 Å². The van der Waals surface area contributed by atoms with E-state index < -0.39 is 0 Å². The first-order valence-corrected chi connectivity index (χ1v) is 5.76. The third-order valence-corrected chi connectivity index (χ3v) is 2.96. The molecule has 16 heavy (non-hydrogen) atoms. The summed E-state index contributed by atoms with van der Waals surface area (Å²) in [6.07, 6.45) is 2.24. The van der Waals surface area contributed by atoms with Crippen molar-refractivity contribution in [1.82, 2.24) is 15.1 Å². The lowest BCUT2D eigenvalue weighted by Gasteiger charge is -2.34. The van der Waals surface area contributed by atoms with Crippen LogP contribution in [0.25, 0.3) is 0 Å². The SMILES string of the molecule is N=C(N)CN1CCN(C(=O)NC2CC2)CC1. The molecule has 2 fully saturated rings. The van der Waals surface area contributed by atoms with Crippen molar-refractivity contribution in [3.8, 4) is 0 Å². The Labute approximate surface area is 95.3 Å². The number of nitrogens with zero attached hydrogens (tertiary/aromatic N) is 2. The fraction of sp³-hybridized carbons (Fsp3) is 0.800. The van der Waals surface area contributed by atoms with Crippen LogP contribution >= 0.6 is 0 Å². The van der Waals surface area contributed by atoms with Gasteiger partial charge in [0.25, 0.3) is 0 Å². The minimum Gasteiger partial charge on any atom is -0.387 e. The third kappa shape index (κ3) is 3.10. The van der Waals surface area contributed by atoms with Crippen LogP contribution in [-0.2, 0) is 0 Å². The maximum absolute atomic E-state index is 11.7. The molecule has 0 atom stereocenters. The summed E-state index contributed by atoms with van der Waals surface area (Å²) in [6.45, 7) is 3.57. The molecule has 6 heteroatoms. The number of piperazine rings is 1. The largest absolute Gasteiger partial charge is 0.387 e. The molecule has 0 bridgehead atoms. The first-order chi connectivity index (χ1) is 7.65. The highest BCUT2D eigenvalue weighted by atomic mass is 16.2. The van der Waals surface area contributed by atoms with Crippen LogP contribution in [0.5, 0.6) is 0 Å². The molecule has 2 amide bonds. The van der Waals surface area contributed by atoms with Crippen LogP contribution in [0.15, 0.2) is 0 Å². The Bertz CT molecular complexity index is 281. The fourth-order valence-corrected chi connectivity index (χ4v) is 1.84. The van der Waals surface area contributed by atoms with Gasteiger partial charge in [-0.1, -0.05) is 0 Å². The number of urea groups is 1. The lowest BCUT2D eigenvalue weighted by molar-refractivity contribution is 0.148. The van der Waals surface area contributed by atoms with Gasteiger partial charge in [-0.05, 0) is 12.8 Å². The Hall–Kier alpha value is -1.30. The summed E-state index contributed by atoms with van der Waals surface area (Å²) in [6, 6.07) is 0.479. The molecule has 1 heterocycles. The standard InChI is InChI=1S/C10H19N5O/c11-9(12)7-14-3-5-15(6-4-14)10(16)13-8-1-2-8/h8H,1-7H2,(H3,11,12)(H,13,16). The molecule has 1 saturated carbocycles. The molecule has 1 aliphatic carbocycles. The van der Waals surface area contributed by atoms with E-state index in [1.165, 1.54) is 0 Å². The molecular formula is C10H19N5O. The van der Waals surface area contributed by atoms with Crippen molar-refractivity contribution in [3.63, 3.8) is 0 Å². The Balaban J connectivity index is 1.71. The van der Waals surface area contributed by atoms with E-state index in [-0.39, 0.29) is 11.9 Å². The smallest absolute Gasteiger partial charge is 0.317 e. The van der Waals surface area contributed by atoms with Gasteiger partial charge in [0, 0.05) is 32.2 Å². The summed E-state index contributed by atoms with van der Waals surface area (Å²) in [4.78, 5) is 15.6. The summed E-state index contributed by atoms with van der Waals surface area (Å²) in [5, 5.41) is 10.2. The maximum atomic E-state index is 11.7. The van der Waals surface area contributed by atoms with Crippen molar-refractivity contribution in [2.24, 2.45) is 5.73 Å². The summed E-state index contributed by atoms with van der Waals surface area (Å²) in [5.41, 5.74) is 5.34. The molecule has 1 saturated heterocycles. The predicted molar refractivity (Wildman–Crippen MR) is 61.5 cm³/mol. The van der Waals surface area contributed by atoms with E-state index in [2.05, 4.69) is 10.2 Å². The van der Waals surface area contributed by atoms with Gasteiger partial charge in [0.2, 0.25) is 0 Å². The zero-order chi connectivity index (χ0) is 11.5. The molecule has 0 spiro atoms. The number of carbonyl (C=O) groups is 1. The van der Waals surface area contributed by atoms with Crippen molar-refractivity contribution in [2.45, 2.75) is 18.9 Å². The molecule has 4 N–H and O–H groups in total. The second kappa shape index (κ2) is 4.69. The summed E-state index contributed by atoms with van der Waals surface area (Å²) < 4.78 is 0. The van der Waals surface area contributed by atoms with E-state index in [0.717, 1.165) is 39.0 Å². The number of rotatable bonds is 3. The molecule has 1 aliphatic heterocycles. The first-order valence-electron chi connectivity index (χ1n) is 5.76. The van der Waals surface area contributed by atoms with Gasteiger partial charge in [-0.3, -0.25) is 10.3 Å². The summed E-state index contributed by atoms with van der Waals surface area (Å²) >= 11 is 0. The van der Waals surface area contributed by atoms with Gasteiger partial charge in [0.05, 0.1) is 6.54 Å². The molecular weight excluding hydrogens is 206 g/mol. The summed E-state index contributed by atoms with van der Waals surface area (Å²) in [7, 11) is 0.